The van der Waals surface area contributed by atoms with E-state index in [4.69, 9.17) is 11.6 Å². The molecule has 0 aliphatic carbocycles. The summed E-state index contributed by atoms with van der Waals surface area (Å²) in [7, 11) is 3.28. The molecule has 27 heavy (non-hydrogen) atoms. The average Bonchev–Trinajstić information content (AvgIpc) is 2.61. The van der Waals surface area contributed by atoms with E-state index in [1.807, 2.05) is 6.07 Å². The highest BCUT2D eigenvalue weighted by Crippen LogP contribution is 2.22. The van der Waals surface area contributed by atoms with E-state index in [9.17, 15) is 14.4 Å². The van der Waals surface area contributed by atoms with Crippen molar-refractivity contribution in [1.82, 2.24) is 10.2 Å². The van der Waals surface area contributed by atoms with E-state index in [1.165, 1.54) is 11.0 Å². The Kier molecular flexibility index (Phi) is 6.96. The van der Waals surface area contributed by atoms with Crippen LogP contribution < -0.4 is 10.6 Å². The van der Waals surface area contributed by atoms with Crippen LogP contribution in [0.1, 0.15) is 34.1 Å². The maximum atomic E-state index is 12.2. The van der Waals surface area contributed by atoms with Crippen LogP contribution in [0.2, 0.25) is 5.02 Å². The molecular formula is C20H22ClN3O3. The maximum absolute atomic E-state index is 12.2. The van der Waals surface area contributed by atoms with Gasteiger partial charge in [0.2, 0.25) is 5.91 Å². The number of benzene rings is 2. The summed E-state index contributed by atoms with van der Waals surface area (Å²) in [6.45, 7) is 1.76. The summed E-state index contributed by atoms with van der Waals surface area (Å²) >= 11 is 6.14. The number of rotatable bonds is 6. The molecular weight excluding hydrogens is 366 g/mol. The highest BCUT2D eigenvalue weighted by molar-refractivity contribution is 6.34. The Balaban J connectivity index is 1.92. The van der Waals surface area contributed by atoms with Gasteiger partial charge in [0.15, 0.2) is 0 Å². The second kappa shape index (κ2) is 9.19. The molecule has 7 heteroatoms. The summed E-state index contributed by atoms with van der Waals surface area (Å²) in [5, 5.41) is 5.77. The van der Waals surface area contributed by atoms with Gasteiger partial charge in [0.25, 0.3) is 11.8 Å². The van der Waals surface area contributed by atoms with E-state index >= 15 is 0 Å². The number of hydrogen-bond donors (Lipinski definition) is 2. The lowest BCUT2D eigenvalue weighted by Crippen LogP contribution is -2.35. The third-order valence-electron chi connectivity index (χ3n) is 3.79. The smallest absolute Gasteiger partial charge is 0.254 e. The van der Waals surface area contributed by atoms with Crippen LogP contribution in [-0.4, -0.2) is 42.8 Å². The lowest BCUT2D eigenvalue weighted by molar-refractivity contribution is -0.116. The van der Waals surface area contributed by atoms with Crippen molar-refractivity contribution in [2.75, 3.05) is 19.4 Å². The minimum Gasteiger partial charge on any atom is -0.349 e. The second-order valence-corrected chi connectivity index (χ2v) is 6.79. The van der Waals surface area contributed by atoms with Gasteiger partial charge in [0.1, 0.15) is 0 Å². The molecule has 1 unspecified atom stereocenters. The first-order chi connectivity index (χ1) is 12.8. The zero-order valence-electron chi connectivity index (χ0n) is 15.5. The molecule has 0 radical (unpaired) electrons. The summed E-state index contributed by atoms with van der Waals surface area (Å²) in [5.41, 5.74) is 1.39. The number of amides is 3. The molecule has 1 atom stereocenters. The Morgan fingerprint density at radius 2 is 1.74 bits per heavy atom. The zero-order chi connectivity index (χ0) is 20.0. The fourth-order valence-corrected chi connectivity index (χ4v) is 2.71. The number of hydrogen-bond acceptors (Lipinski definition) is 3. The summed E-state index contributed by atoms with van der Waals surface area (Å²) in [6.07, 6.45) is 0.106. The number of carbonyl (C=O) groups is 3. The molecule has 0 heterocycles. The van der Waals surface area contributed by atoms with Crippen molar-refractivity contribution in [3.05, 3.63) is 64.7 Å². The Labute approximate surface area is 163 Å². The van der Waals surface area contributed by atoms with Crippen molar-refractivity contribution in [3.63, 3.8) is 0 Å². The van der Waals surface area contributed by atoms with Gasteiger partial charge in [-0.2, -0.15) is 0 Å². The number of carbonyl (C=O) groups excluding carboxylic acids is 3. The molecule has 2 rings (SSSR count). The quantitative estimate of drug-likeness (QED) is 0.798. The Bertz CT molecular complexity index is 838. The SMILES string of the molecule is CC(CC(=O)Nc1ccc(C(=O)N(C)C)c(Cl)c1)NC(=O)c1ccccc1. The van der Waals surface area contributed by atoms with Crippen molar-refractivity contribution >= 4 is 35.0 Å². The van der Waals surface area contributed by atoms with Crippen molar-refractivity contribution in [2.45, 2.75) is 19.4 Å². The first kappa shape index (κ1) is 20.5. The molecule has 0 aliphatic rings. The summed E-state index contributed by atoms with van der Waals surface area (Å²) in [6, 6.07) is 13.2. The average molecular weight is 388 g/mol. The van der Waals surface area contributed by atoms with Gasteiger partial charge in [-0.05, 0) is 37.3 Å². The maximum Gasteiger partial charge on any atom is 0.254 e. The van der Waals surface area contributed by atoms with E-state index in [0.717, 1.165) is 0 Å². The minimum absolute atomic E-state index is 0.106. The third kappa shape index (κ3) is 5.82. The van der Waals surface area contributed by atoms with Gasteiger partial charge >= 0.3 is 0 Å². The van der Waals surface area contributed by atoms with Gasteiger partial charge in [-0.25, -0.2) is 0 Å². The van der Waals surface area contributed by atoms with Crippen LogP contribution in [0.4, 0.5) is 5.69 Å². The van der Waals surface area contributed by atoms with Gasteiger partial charge in [-0.1, -0.05) is 29.8 Å². The van der Waals surface area contributed by atoms with Crippen LogP contribution in [0.15, 0.2) is 48.5 Å². The molecule has 0 aromatic heterocycles. The number of nitrogens with zero attached hydrogens (tertiary/aromatic N) is 1. The van der Waals surface area contributed by atoms with Crippen molar-refractivity contribution in [1.29, 1.82) is 0 Å². The largest absolute Gasteiger partial charge is 0.349 e. The number of halogens is 1. The predicted octanol–water partition coefficient (Wildman–Crippen LogP) is 3.19. The second-order valence-electron chi connectivity index (χ2n) is 6.39. The Hall–Kier alpha value is -2.86. The molecule has 0 aliphatic heterocycles. The molecule has 2 N–H and O–H groups in total. The van der Waals surface area contributed by atoms with Crippen LogP contribution >= 0.6 is 11.6 Å². The normalized spacial score (nSPS) is 11.4. The standard InChI is InChI=1S/C20H22ClN3O3/c1-13(22-19(26)14-7-5-4-6-8-14)11-18(25)23-15-9-10-16(17(21)12-15)20(27)24(2)3/h4-10,12-13H,11H2,1-3H3,(H,22,26)(H,23,25). The molecule has 0 bridgehead atoms. The van der Waals surface area contributed by atoms with E-state index in [-0.39, 0.29) is 35.2 Å². The summed E-state index contributed by atoms with van der Waals surface area (Å²) in [4.78, 5) is 37.7. The van der Waals surface area contributed by atoms with E-state index in [0.29, 0.717) is 16.8 Å². The minimum atomic E-state index is -0.345. The molecule has 0 saturated carbocycles. The third-order valence-corrected chi connectivity index (χ3v) is 4.11. The number of nitrogens with one attached hydrogen (secondary N) is 2. The number of anilines is 1. The van der Waals surface area contributed by atoms with Crippen LogP contribution in [0.25, 0.3) is 0 Å². The van der Waals surface area contributed by atoms with Crippen molar-refractivity contribution < 1.29 is 14.4 Å². The van der Waals surface area contributed by atoms with Gasteiger partial charge in [-0.3, -0.25) is 14.4 Å². The van der Waals surface area contributed by atoms with Gasteiger partial charge in [-0.15, -0.1) is 0 Å². The van der Waals surface area contributed by atoms with Crippen molar-refractivity contribution in [3.8, 4) is 0 Å². The van der Waals surface area contributed by atoms with Gasteiger partial charge < -0.3 is 15.5 Å². The molecule has 3 amide bonds. The van der Waals surface area contributed by atoms with Crippen LogP contribution in [-0.2, 0) is 4.79 Å². The van der Waals surface area contributed by atoms with Crippen LogP contribution in [0.5, 0.6) is 0 Å². The summed E-state index contributed by atoms with van der Waals surface area (Å²) < 4.78 is 0. The summed E-state index contributed by atoms with van der Waals surface area (Å²) in [5.74, 6) is -0.709. The molecule has 142 valence electrons. The van der Waals surface area contributed by atoms with E-state index in [1.54, 1.807) is 57.4 Å². The lowest BCUT2D eigenvalue weighted by atomic mass is 10.1. The lowest BCUT2D eigenvalue weighted by Gasteiger charge is -2.15. The topological polar surface area (TPSA) is 78.5 Å². The highest BCUT2D eigenvalue weighted by Gasteiger charge is 2.15. The van der Waals surface area contributed by atoms with Gasteiger partial charge in [0.05, 0.1) is 10.6 Å². The monoisotopic (exact) mass is 387 g/mol. The molecule has 6 nitrogen and oxygen atoms in total. The van der Waals surface area contributed by atoms with Crippen LogP contribution in [0, 0.1) is 0 Å². The molecule has 2 aromatic carbocycles. The fourth-order valence-electron chi connectivity index (χ4n) is 2.45. The molecule has 0 saturated heterocycles. The van der Waals surface area contributed by atoms with E-state index in [2.05, 4.69) is 10.6 Å². The zero-order valence-corrected chi connectivity index (χ0v) is 16.2. The van der Waals surface area contributed by atoms with Gasteiger partial charge in [0, 0.05) is 37.8 Å². The Morgan fingerprint density at radius 3 is 2.33 bits per heavy atom. The predicted molar refractivity (Wildman–Crippen MR) is 106 cm³/mol. The Morgan fingerprint density at radius 1 is 1.07 bits per heavy atom. The highest BCUT2D eigenvalue weighted by atomic mass is 35.5. The molecule has 0 fully saturated rings. The van der Waals surface area contributed by atoms with E-state index < -0.39 is 0 Å². The molecule has 0 spiro atoms. The van der Waals surface area contributed by atoms with Crippen LogP contribution in [0.3, 0.4) is 0 Å². The first-order valence-corrected chi connectivity index (χ1v) is 8.82. The van der Waals surface area contributed by atoms with Crippen molar-refractivity contribution in [2.24, 2.45) is 0 Å². The fraction of sp³-hybridized carbons (Fsp3) is 0.250. The molecule has 2 aromatic rings. The first-order valence-electron chi connectivity index (χ1n) is 8.45.